The molecule has 3 aliphatic heterocycles. The first-order chi connectivity index (χ1) is 21.2. The van der Waals surface area contributed by atoms with E-state index < -0.39 is 61.0 Å². The highest BCUT2D eigenvalue weighted by molar-refractivity contribution is 8.13. The number of hydrogen-bond donors (Lipinski definition) is 1. The van der Waals surface area contributed by atoms with E-state index in [0.29, 0.717) is 17.3 Å². The lowest BCUT2D eigenvalue weighted by Crippen LogP contribution is -2.69. The maximum Gasteiger partial charge on any atom is 0.369 e. The molecule has 1 saturated heterocycles. The number of nitro benzene ring substituents is 1. The van der Waals surface area contributed by atoms with Gasteiger partial charge in [-0.1, -0.05) is 6.07 Å². The number of nitrogens with one attached hydrogen (secondary N) is 1. The molecule has 2 atom stereocenters. The molecular weight excluding hydrogens is 634 g/mol. The third kappa shape index (κ3) is 9.18. The van der Waals surface area contributed by atoms with Crippen molar-refractivity contribution in [3.05, 3.63) is 75.7 Å². The molecule has 2 fully saturated rings. The molecule has 0 radical (unpaired) electrons. The summed E-state index contributed by atoms with van der Waals surface area (Å²) < 4.78 is 43.8. The van der Waals surface area contributed by atoms with Crippen molar-refractivity contribution in [2.24, 2.45) is 5.92 Å². The fraction of sp³-hybridized carbons (Fsp3) is 0.357. The molecule has 2 amide bonds. The number of nitrogens with zero attached hydrogens (tertiary/aromatic N) is 2. The van der Waals surface area contributed by atoms with Gasteiger partial charge in [0.15, 0.2) is 5.70 Å². The van der Waals surface area contributed by atoms with Gasteiger partial charge in [0.2, 0.25) is 5.91 Å². The molecule has 17 heteroatoms. The fourth-order valence-electron chi connectivity index (χ4n) is 4.07. The summed E-state index contributed by atoms with van der Waals surface area (Å²) in [7, 11) is -4.14. The number of hydrogen-bond acceptors (Lipinski definition) is 13. The van der Waals surface area contributed by atoms with E-state index in [0.717, 1.165) is 49.3 Å². The van der Waals surface area contributed by atoms with Gasteiger partial charge in [-0.2, -0.15) is 8.42 Å². The number of ether oxygens (including phenoxy) is 3. The number of non-ortho nitro benzene ring substituents is 1. The molecule has 4 aliphatic rings. The molecule has 3 heterocycles. The summed E-state index contributed by atoms with van der Waals surface area (Å²) in [4.78, 5) is 61.2. The zero-order valence-corrected chi connectivity index (χ0v) is 25.9. The van der Waals surface area contributed by atoms with E-state index in [1.807, 2.05) is 24.3 Å². The third-order valence-electron chi connectivity index (χ3n) is 6.36. The van der Waals surface area contributed by atoms with Crippen LogP contribution in [-0.2, 0) is 44.8 Å². The Morgan fingerprint density at radius 3 is 2.18 bits per heavy atom. The van der Waals surface area contributed by atoms with E-state index in [1.165, 1.54) is 24.3 Å². The van der Waals surface area contributed by atoms with E-state index in [9.17, 15) is 37.7 Å². The van der Waals surface area contributed by atoms with Crippen LogP contribution < -0.4 is 10.1 Å². The highest BCUT2D eigenvalue weighted by Gasteiger charge is 2.54. The van der Waals surface area contributed by atoms with Crippen molar-refractivity contribution in [1.29, 1.82) is 0 Å². The van der Waals surface area contributed by atoms with E-state index in [1.54, 1.807) is 0 Å². The smallest absolute Gasteiger partial charge is 0.369 e. The number of esters is 1. The molecule has 6 rings (SSSR count). The molecule has 0 spiro atoms. The number of carbonyl (C=O) groups excluding carboxylic acids is 4. The zero-order valence-electron chi connectivity index (χ0n) is 24.3. The van der Waals surface area contributed by atoms with Gasteiger partial charge >= 0.3 is 21.4 Å². The first-order valence-corrected chi connectivity index (χ1v) is 16.1. The van der Waals surface area contributed by atoms with E-state index >= 15 is 0 Å². The second-order valence-corrected chi connectivity index (χ2v) is 12.8. The Kier molecular flexibility index (Phi) is 10.3. The monoisotopic (exact) mass is 663 g/mol. The van der Waals surface area contributed by atoms with Crippen molar-refractivity contribution in [2.45, 2.75) is 44.7 Å². The van der Waals surface area contributed by atoms with Crippen molar-refractivity contribution in [2.75, 3.05) is 12.9 Å². The molecule has 2 aromatic rings. The van der Waals surface area contributed by atoms with Crippen LogP contribution in [0.15, 0.2) is 60.0 Å². The minimum absolute atomic E-state index is 0.179. The average molecular weight is 664 g/mol. The van der Waals surface area contributed by atoms with Crippen LogP contribution in [0.25, 0.3) is 0 Å². The molecule has 1 aliphatic carbocycles. The van der Waals surface area contributed by atoms with Gasteiger partial charge < -0.3 is 23.7 Å². The lowest BCUT2D eigenvalue weighted by Gasteiger charge is -2.46. The Labute approximate surface area is 262 Å². The number of carbonyl (C=O) groups is 4. The maximum atomic E-state index is 13.1. The van der Waals surface area contributed by atoms with Gasteiger partial charge in [-0.25, -0.2) is 9.59 Å². The Bertz CT molecular complexity index is 1610. The summed E-state index contributed by atoms with van der Waals surface area (Å²) in [5, 5.41) is 11.3. The standard InChI is InChI=1S/C22H25N3O11S2.C6H4O/c1-12(36-38(3,32)33)18(21(28)34-10-15-6-8-16(9-7-15)25(30)31)24-19(27)17(23-13(2)26)20(24)37-22(29)35-11-14-4-5-14;1-2-5-4-6(3-1)7-5/h6-9,14,17,20H,4-5,10-11H2,1-3H3,(H,23,26);1-4H. The topological polar surface area (TPSA) is 198 Å². The van der Waals surface area contributed by atoms with Crippen LogP contribution in [-0.4, -0.2) is 65.6 Å². The number of fused-ring (bicyclic) bond motifs is 2. The van der Waals surface area contributed by atoms with Gasteiger partial charge in [-0.05, 0) is 67.3 Å². The molecule has 2 aromatic carbocycles. The summed E-state index contributed by atoms with van der Waals surface area (Å²) in [6.45, 7) is 2.09. The molecule has 1 N–H and O–H groups in total. The number of amides is 2. The van der Waals surface area contributed by atoms with Crippen molar-refractivity contribution < 1.29 is 50.9 Å². The first-order valence-electron chi connectivity index (χ1n) is 13.4. The molecule has 15 nitrogen and oxygen atoms in total. The van der Waals surface area contributed by atoms with Crippen LogP contribution in [0.3, 0.4) is 0 Å². The summed E-state index contributed by atoms with van der Waals surface area (Å²) in [6.07, 6.45) is 2.59. The fourth-order valence-corrected chi connectivity index (χ4v) is 5.57. The van der Waals surface area contributed by atoms with Crippen molar-refractivity contribution >= 4 is 50.7 Å². The number of likely N-dealkylation sites (tertiary alicyclic amines) is 1. The van der Waals surface area contributed by atoms with Crippen LogP contribution in [0, 0.1) is 16.0 Å². The van der Waals surface area contributed by atoms with Crippen LogP contribution in [0.5, 0.6) is 11.5 Å². The minimum atomic E-state index is -4.14. The Morgan fingerprint density at radius 2 is 1.71 bits per heavy atom. The van der Waals surface area contributed by atoms with Gasteiger partial charge in [0.05, 0.1) is 17.8 Å². The van der Waals surface area contributed by atoms with Gasteiger partial charge in [-0.3, -0.25) is 24.6 Å². The maximum absolute atomic E-state index is 13.1. The SMILES string of the molecule is CC(=O)NC1C(=O)N(C(C(=O)OCc2ccc([N+](=O)[O-])cc2)=C(C)OS(C)(=O)=O)C1SC(=O)OCC1CC1.c1cc2cc(c1)O2. The molecule has 2 bridgehead atoms. The minimum Gasteiger partial charge on any atom is -0.457 e. The van der Waals surface area contributed by atoms with Crippen LogP contribution in [0.2, 0.25) is 0 Å². The number of thioether (sulfide) groups is 1. The Morgan fingerprint density at radius 1 is 1.09 bits per heavy atom. The second-order valence-electron chi connectivity index (χ2n) is 10.2. The first kappa shape index (κ1) is 33.3. The molecular formula is C28H29N3O12S2. The number of benzene rings is 2. The van der Waals surface area contributed by atoms with E-state index in [4.69, 9.17) is 18.4 Å². The van der Waals surface area contributed by atoms with E-state index in [-0.39, 0.29) is 24.8 Å². The Balaban J connectivity index is 0.000000569. The highest BCUT2D eigenvalue weighted by Crippen LogP contribution is 2.38. The lowest BCUT2D eigenvalue weighted by atomic mass is 10.1. The van der Waals surface area contributed by atoms with Crippen molar-refractivity contribution in [3.63, 3.8) is 0 Å². The van der Waals surface area contributed by atoms with E-state index in [2.05, 4.69) is 5.32 Å². The van der Waals surface area contributed by atoms with Gasteiger partial charge in [0.1, 0.15) is 35.3 Å². The summed E-state index contributed by atoms with van der Waals surface area (Å²) in [5.74, 6) is -0.833. The van der Waals surface area contributed by atoms with Gasteiger partial charge in [0, 0.05) is 25.1 Å². The highest BCUT2D eigenvalue weighted by atomic mass is 32.2. The number of rotatable bonds is 11. The average Bonchev–Trinajstić information content (AvgIpc) is 3.80. The number of allylic oxidation sites excluding steroid dienone is 1. The van der Waals surface area contributed by atoms with Crippen molar-refractivity contribution in [1.82, 2.24) is 10.2 Å². The number of nitro groups is 1. The normalized spacial score (nSPS) is 18.4. The summed E-state index contributed by atoms with van der Waals surface area (Å²) in [5.41, 5.74) is -0.413. The number of β-lactam (4-membered cyclic amide) rings is 1. The molecule has 45 heavy (non-hydrogen) atoms. The third-order valence-corrected chi connectivity index (χ3v) is 7.94. The predicted octanol–water partition coefficient (Wildman–Crippen LogP) is 3.59. The van der Waals surface area contributed by atoms with Crippen LogP contribution in [0.4, 0.5) is 10.5 Å². The zero-order chi connectivity index (χ0) is 32.9. The van der Waals surface area contributed by atoms with Gasteiger partial charge in [0.25, 0.3) is 11.6 Å². The second kappa shape index (κ2) is 14.0. The molecule has 1 saturated carbocycles. The molecule has 0 aromatic heterocycles. The predicted molar refractivity (Wildman–Crippen MR) is 158 cm³/mol. The summed E-state index contributed by atoms with van der Waals surface area (Å²) >= 11 is 0.536. The quantitative estimate of drug-likeness (QED) is 0.0594. The largest absolute Gasteiger partial charge is 0.457 e. The van der Waals surface area contributed by atoms with Crippen molar-refractivity contribution in [3.8, 4) is 11.5 Å². The van der Waals surface area contributed by atoms with Crippen LogP contribution >= 0.6 is 11.8 Å². The summed E-state index contributed by atoms with van der Waals surface area (Å²) in [6, 6.07) is 11.8. The Hall–Kier alpha value is -4.64. The van der Waals surface area contributed by atoms with Crippen LogP contribution in [0.1, 0.15) is 32.3 Å². The lowest BCUT2D eigenvalue weighted by molar-refractivity contribution is -0.384. The van der Waals surface area contributed by atoms with Gasteiger partial charge in [-0.15, -0.1) is 0 Å². The molecule has 240 valence electrons. The molecule has 2 unspecified atom stereocenters.